The standard InChI is InChI=1S/C21H25.C8H11.C7H6.Zr/c1-20(2,3)16-9-7-14-11-15-8-10-17(21(4,5)6)13-19(15)18(14)12-16;1-6-4-7(2)8(3)5-6;1-7-5-3-2-4-6-7;/h7,9-10,12-13H,11H2,1-6H3;4,6H,1-3H3;1-6H;/q2*-1;;+2. The van der Waals surface area contributed by atoms with E-state index in [9.17, 15) is 0 Å². The SMILES string of the molecule is CC(C)(C)c1c[c-]c2c(c1)-c1cc(C(C)(C)C)ccc1C2.CC1=[C-]C(C)C=C1C.[Zr+2]=[CH]c1ccccc1. The van der Waals surface area contributed by atoms with Crippen molar-refractivity contribution in [2.75, 3.05) is 0 Å². The molecule has 0 bridgehead atoms. The Labute approximate surface area is 241 Å². The molecule has 2 aliphatic carbocycles. The van der Waals surface area contributed by atoms with E-state index in [0.29, 0.717) is 5.92 Å². The van der Waals surface area contributed by atoms with Crippen LogP contribution in [0.4, 0.5) is 0 Å². The Balaban J connectivity index is 0.000000194. The Kier molecular flexibility index (Phi) is 9.69. The summed E-state index contributed by atoms with van der Waals surface area (Å²) < 4.78 is 2.17. The predicted molar refractivity (Wildman–Crippen MR) is 158 cm³/mol. The molecule has 0 N–H and O–H groups in total. The third kappa shape index (κ3) is 7.94. The summed E-state index contributed by atoms with van der Waals surface area (Å²) in [7, 11) is 0. The van der Waals surface area contributed by atoms with E-state index in [-0.39, 0.29) is 10.8 Å². The van der Waals surface area contributed by atoms with Gasteiger partial charge < -0.3 is 0 Å². The molecule has 1 atom stereocenters. The van der Waals surface area contributed by atoms with Crippen LogP contribution in [-0.4, -0.2) is 3.71 Å². The number of hydrogen-bond acceptors (Lipinski definition) is 0. The van der Waals surface area contributed by atoms with Crippen molar-refractivity contribution in [3.63, 3.8) is 0 Å². The van der Waals surface area contributed by atoms with E-state index in [1.54, 1.807) is 0 Å². The molecule has 0 nitrogen and oxygen atoms in total. The van der Waals surface area contributed by atoms with Crippen molar-refractivity contribution < 1.29 is 24.2 Å². The Hall–Kier alpha value is -2.11. The summed E-state index contributed by atoms with van der Waals surface area (Å²) in [5.74, 6) is 0.551. The van der Waals surface area contributed by atoms with Crippen LogP contribution in [0.2, 0.25) is 0 Å². The zero-order valence-electron chi connectivity index (χ0n) is 24.2. The van der Waals surface area contributed by atoms with Gasteiger partial charge in [0.15, 0.2) is 0 Å². The minimum absolute atomic E-state index is 0.177. The van der Waals surface area contributed by atoms with E-state index in [4.69, 9.17) is 0 Å². The molecule has 0 amide bonds. The van der Waals surface area contributed by atoms with Gasteiger partial charge in [0.05, 0.1) is 0 Å². The van der Waals surface area contributed by atoms with Crippen LogP contribution in [0, 0.1) is 18.1 Å². The van der Waals surface area contributed by atoms with Gasteiger partial charge in [-0.1, -0.05) is 96.0 Å². The molecule has 2 aliphatic rings. The van der Waals surface area contributed by atoms with Gasteiger partial charge in [0.1, 0.15) is 0 Å². The van der Waals surface area contributed by atoms with Crippen molar-refractivity contribution in [2.45, 2.75) is 79.6 Å². The van der Waals surface area contributed by atoms with Crippen LogP contribution in [0.25, 0.3) is 11.1 Å². The fourth-order valence-electron chi connectivity index (χ4n) is 4.53. The maximum absolute atomic E-state index is 3.53. The van der Waals surface area contributed by atoms with E-state index in [2.05, 4.69) is 139 Å². The quantitative estimate of drug-likeness (QED) is 0.202. The second-order valence-electron chi connectivity index (χ2n) is 12.3. The van der Waals surface area contributed by atoms with Crippen molar-refractivity contribution in [1.82, 2.24) is 0 Å². The first-order valence-electron chi connectivity index (χ1n) is 13.3. The van der Waals surface area contributed by atoms with Crippen LogP contribution >= 0.6 is 0 Å². The van der Waals surface area contributed by atoms with Crippen LogP contribution in [-0.2, 0) is 41.5 Å². The summed E-state index contributed by atoms with van der Waals surface area (Å²) >= 11 is 1.46. The van der Waals surface area contributed by atoms with Gasteiger partial charge in [0, 0.05) is 0 Å². The van der Waals surface area contributed by atoms with Crippen molar-refractivity contribution in [3.05, 3.63) is 118 Å². The summed E-state index contributed by atoms with van der Waals surface area (Å²) in [5, 5.41) is 0. The molecule has 37 heavy (non-hydrogen) atoms. The fourth-order valence-corrected chi connectivity index (χ4v) is 5.00. The summed E-state index contributed by atoms with van der Waals surface area (Å²) in [4.78, 5) is 0. The molecule has 0 aliphatic heterocycles. The number of fused-ring (bicyclic) bond motifs is 3. The second kappa shape index (κ2) is 12.2. The monoisotopic (exact) mass is 564 g/mol. The Morgan fingerprint density at radius 3 is 1.92 bits per heavy atom. The summed E-state index contributed by atoms with van der Waals surface area (Å²) in [5.41, 5.74) is 12.8. The van der Waals surface area contributed by atoms with Gasteiger partial charge in [-0.05, 0) is 17.4 Å². The molecular formula is C36H42Zr. The van der Waals surface area contributed by atoms with Crippen LogP contribution in [0.1, 0.15) is 90.1 Å². The first-order valence-corrected chi connectivity index (χ1v) is 14.7. The summed E-state index contributed by atoms with van der Waals surface area (Å²) in [6.45, 7) is 20.0. The van der Waals surface area contributed by atoms with Crippen molar-refractivity contribution in [2.24, 2.45) is 5.92 Å². The zero-order valence-corrected chi connectivity index (χ0v) is 26.7. The van der Waals surface area contributed by atoms with E-state index < -0.39 is 0 Å². The maximum atomic E-state index is 3.53. The summed E-state index contributed by atoms with van der Waals surface area (Å²) in [6, 6.07) is 25.4. The molecule has 0 saturated carbocycles. The molecular weight excluding hydrogens is 524 g/mol. The minimum atomic E-state index is 0.177. The van der Waals surface area contributed by atoms with Gasteiger partial charge in [-0.15, -0.1) is 12.5 Å². The van der Waals surface area contributed by atoms with Gasteiger partial charge in [-0.3, -0.25) is 6.08 Å². The van der Waals surface area contributed by atoms with Gasteiger partial charge >= 0.3 is 63.8 Å². The van der Waals surface area contributed by atoms with Gasteiger partial charge in [0.25, 0.3) is 0 Å². The molecule has 0 fully saturated rings. The molecule has 0 radical (unpaired) electrons. The van der Waals surface area contributed by atoms with E-state index in [1.807, 2.05) is 6.07 Å². The number of benzene rings is 3. The van der Waals surface area contributed by atoms with Gasteiger partial charge in [0.2, 0.25) is 0 Å². The average Bonchev–Trinajstić information content (AvgIpc) is 3.35. The Morgan fingerprint density at radius 2 is 1.46 bits per heavy atom. The molecule has 0 heterocycles. The molecule has 0 saturated heterocycles. The van der Waals surface area contributed by atoms with Gasteiger partial charge in [-0.25, -0.2) is 11.1 Å². The normalized spacial score (nSPS) is 15.8. The number of rotatable bonds is 1. The van der Waals surface area contributed by atoms with Crippen molar-refractivity contribution in [3.8, 4) is 11.1 Å². The molecule has 3 aromatic rings. The van der Waals surface area contributed by atoms with Gasteiger partial charge in [-0.2, -0.15) is 35.4 Å². The van der Waals surface area contributed by atoms with E-state index in [0.717, 1.165) is 6.42 Å². The van der Waals surface area contributed by atoms with Crippen LogP contribution in [0.15, 0.2) is 77.9 Å². The number of hydrogen-bond donors (Lipinski definition) is 0. The molecule has 1 unspecified atom stereocenters. The second-order valence-corrected chi connectivity index (χ2v) is 13.0. The predicted octanol–water partition coefficient (Wildman–Crippen LogP) is 9.37. The van der Waals surface area contributed by atoms with Crippen LogP contribution in [0.5, 0.6) is 0 Å². The molecule has 190 valence electrons. The van der Waals surface area contributed by atoms with Crippen molar-refractivity contribution >= 4 is 3.71 Å². The fraction of sp³-hybridized carbons (Fsp3) is 0.361. The Morgan fingerprint density at radius 1 is 0.838 bits per heavy atom. The third-order valence-corrected chi connectivity index (χ3v) is 7.85. The van der Waals surface area contributed by atoms with E-state index in [1.165, 1.54) is 74.3 Å². The zero-order chi connectivity index (χ0) is 27.4. The first kappa shape index (κ1) is 29.4. The Bertz CT molecular complexity index is 1210. The first-order chi connectivity index (χ1) is 17.3. The molecule has 0 aromatic heterocycles. The van der Waals surface area contributed by atoms with E-state index >= 15 is 0 Å². The number of allylic oxidation sites excluding steroid dienone is 4. The molecule has 5 rings (SSSR count). The van der Waals surface area contributed by atoms with Crippen LogP contribution < -0.4 is 0 Å². The van der Waals surface area contributed by atoms with Crippen molar-refractivity contribution in [1.29, 1.82) is 0 Å². The summed E-state index contributed by atoms with van der Waals surface area (Å²) in [6.07, 6.45) is 6.55. The average molecular weight is 566 g/mol. The molecule has 0 spiro atoms. The molecule has 3 aromatic carbocycles. The van der Waals surface area contributed by atoms with Crippen LogP contribution in [0.3, 0.4) is 0 Å². The third-order valence-electron chi connectivity index (χ3n) is 7.03. The topological polar surface area (TPSA) is 0 Å². The molecule has 1 heteroatoms.